The van der Waals surface area contributed by atoms with Crippen LogP contribution in [0, 0.1) is 11.6 Å². The molecule has 0 spiro atoms. The lowest BCUT2D eigenvalue weighted by atomic mass is 9.94. The van der Waals surface area contributed by atoms with Gasteiger partial charge in [0.15, 0.2) is 0 Å². The van der Waals surface area contributed by atoms with E-state index in [1.807, 2.05) is 0 Å². The first-order valence-electron chi connectivity index (χ1n) is 8.12. The minimum Gasteiger partial charge on any atom is -0.388 e. The largest absolute Gasteiger partial charge is 0.388 e. The van der Waals surface area contributed by atoms with Crippen LogP contribution < -0.4 is 10.6 Å². The van der Waals surface area contributed by atoms with Gasteiger partial charge in [0.05, 0.1) is 17.7 Å². The predicted molar refractivity (Wildman–Crippen MR) is 84.4 cm³/mol. The molecule has 132 valence electrons. The van der Waals surface area contributed by atoms with Gasteiger partial charge in [-0.25, -0.2) is 8.78 Å². The van der Waals surface area contributed by atoms with Crippen molar-refractivity contribution >= 4 is 11.8 Å². The zero-order valence-corrected chi connectivity index (χ0v) is 13.4. The molecule has 0 unspecified atom stereocenters. The summed E-state index contributed by atoms with van der Waals surface area (Å²) in [5.74, 6) is -3.03. The average molecular weight is 340 g/mol. The third kappa shape index (κ3) is 5.26. The first-order chi connectivity index (χ1) is 11.4. The summed E-state index contributed by atoms with van der Waals surface area (Å²) in [6, 6.07) is 2.60. The van der Waals surface area contributed by atoms with E-state index in [2.05, 4.69) is 10.6 Å². The summed E-state index contributed by atoms with van der Waals surface area (Å²) in [7, 11) is 0. The Morgan fingerprint density at radius 1 is 1.08 bits per heavy atom. The van der Waals surface area contributed by atoms with Gasteiger partial charge in [-0.1, -0.05) is 25.7 Å². The molecule has 1 aliphatic rings. The van der Waals surface area contributed by atoms with Crippen LogP contribution in [0.3, 0.4) is 0 Å². The predicted octanol–water partition coefficient (Wildman–Crippen LogP) is 1.90. The summed E-state index contributed by atoms with van der Waals surface area (Å²) >= 11 is 0. The first kappa shape index (κ1) is 18.3. The molecule has 5 nitrogen and oxygen atoms in total. The monoisotopic (exact) mass is 340 g/mol. The number of carbonyl (C=O) groups excluding carboxylic acids is 2. The second-order valence-corrected chi connectivity index (χ2v) is 6.22. The molecule has 3 N–H and O–H groups in total. The molecule has 7 heteroatoms. The van der Waals surface area contributed by atoms with Crippen molar-refractivity contribution < 1.29 is 23.5 Å². The van der Waals surface area contributed by atoms with Gasteiger partial charge in [-0.2, -0.15) is 0 Å². The SMILES string of the molecule is O=C(CNC(=O)c1ccc(F)cc1F)NCC1(O)CCCCCC1. The van der Waals surface area contributed by atoms with Gasteiger partial charge < -0.3 is 15.7 Å². The van der Waals surface area contributed by atoms with Crippen molar-refractivity contribution in [1.29, 1.82) is 0 Å². The third-order valence-electron chi connectivity index (χ3n) is 4.23. The van der Waals surface area contributed by atoms with Crippen LogP contribution in [0.2, 0.25) is 0 Å². The Labute approximate surface area is 139 Å². The lowest BCUT2D eigenvalue weighted by Crippen LogP contribution is -2.45. The smallest absolute Gasteiger partial charge is 0.254 e. The van der Waals surface area contributed by atoms with E-state index in [-0.39, 0.29) is 18.7 Å². The molecule has 0 heterocycles. The molecule has 0 aliphatic heterocycles. The van der Waals surface area contributed by atoms with E-state index in [1.54, 1.807) is 0 Å². The Morgan fingerprint density at radius 3 is 2.38 bits per heavy atom. The number of rotatable bonds is 5. The molecule has 0 saturated heterocycles. The molecule has 1 aliphatic carbocycles. The first-order valence-corrected chi connectivity index (χ1v) is 8.12. The van der Waals surface area contributed by atoms with Crippen LogP contribution in [0.15, 0.2) is 18.2 Å². The Hall–Kier alpha value is -2.02. The maximum Gasteiger partial charge on any atom is 0.254 e. The van der Waals surface area contributed by atoms with Gasteiger partial charge >= 0.3 is 0 Å². The highest BCUT2D eigenvalue weighted by molar-refractivity contribution is 5.96. The quantitative estimate of drug-likeness (QED) is 0.717. The minimum atomic E-state index is -0.985. The van der Waals surface area contributed by atoms with Crippen LogP contribution in [0.5, 0.6) is 0 Å². The molecule has 24 heavy (non-hydrogen) atoms. The van der Waals surface area contributed by atoms with Gasteiger partial charge in [-0.05, 0) is 25.0 Å². The topological polar surface area (TPSA) is 78.4 Å². The molecule has 0 aromatic heterocycles. The van der Waals surface area contributed by atoms with Gasteiger partial charge in [0.2, 0.25) is 5.91 Å². The van der Waals surface area contributed by atoms with Crippen LogP contribution in [-0.2, 0) is 4.79 Å². The highest BCUT2D eigenvalue weighted by Gasteiger charge is 2.28. The van der Waals surface area contributed by atoms with Crippen molar-refractivity contribution in [2.75, 3.05) is 13.1 Å². The fourth-order valence-electron chi connectivity index (χ4n) is 2.82. The summed E-state index contributed by atoms with van der Waals surface area (Å²) in [5, 5.41) is 15.3. The number of carbonyl (C=O) groups is 2. The highest BCUT2D eigenvalue weighted by atomic mass is 19.1. The van der Waals surface area contributed by atoms with Gasteiger partial charge in [-0.15, -0.1) is 0 Å². The molecule has 1 aromatic carbocycles. The van der Waals surface area contributed by atoms with Gasteiger partial charge in [0.1, 0.15) is 11.6 Å². The number of hydrogen-bond acceptors (Lipinski definition) is 3. The highest BCUT2D eigenvalue weighted by Crippen LogP contribution is 2.26. The van der Waals surface area contributed by atoms with Crippen molar-refractivity contribution in [2.45, 2.75) is 44.1 Å². The molecule has 1 aromatic rings. The molecule has 2 amide bonds. The van der Waals surface area contributed by atoms with E-state index in [0.29, 0.717) is 18.9 Å². The van der Waals surface area contributed by atoms with Crippen molar-refractivity contribution in [3.8, 4) is 0 Å². The number of nitrogens with one attached hydrogen (secondary N) is 2. The van der Waals surface area contributed by atoms with E-state index in [4.69, 9.17) is 0 Å². The summed E-state index contributed by atoms with van der Waals surface area (Å²) in [4.78, 5) is 23.6. The summed E-state index contributed by atoms with van der Waals surface area (Å²) < 4.78 is 26.3. The fourth-order valence-corrected chi connectivity index (χ4v) is 2.82. The lowest BCUT2D eigenvalue weighted by molar-refractivity contribution is -0.121. The minimum absolute atomic E-state index is 0.132. The molecule has 0 bridgehead atoms. The molecule has 0 radical (unpaired) electrons. The number of amides is 2. The van der Waals surface area contributed by atoms with Crippen LogP contribution in [0.4, 0.5) is 8.78 Å². The van der Waals surface area contributed by atoms with Gasteiger partial charge in [0, 0.05) is 12.6 Å². The standard InChI is InChI=1S/C17H22F2N2O3/c18-12-5-6-13(14(19)9-12)16(23)20-10-15(22)21-11-17(24)7-3-1-2-4-8-17/h5-6,9,24H,1-4,7-8,10-11H2,(H,20,23)(H,21,22). The lowest BCUT2D eigenvalue weighted by Gasteiger charge is -2.26. The molecular formula is C17H22F2N2O3. The van der Waals surface area contributed by atoms with Gasteiger partial charge in [0.25, 0.3) is 5.91 Å². The summed E-state index contributed by atoms with van der Waals surface area (Å²) in [6.07, 6.45) is 5.28. The molecule has 0 atom stereocenters. The van der Waals surface area contributed by atoms with Gasteiger partial charge in [-0.3, -0.25) is 9.59 Å². The molecule has 1 fully saturated rings. The van der Waals surface area contributed by atoms with E-state index >= 15 is 0 Å². The Kier molecular flexibility index (Phi) is 6.25. The van der Waals surface area contributed by atoms with Crippen molar-refractivity contribution in [3.05, 3.63) is 35.4 Å². The molecule has 2 rings (SSSR count). The molecular weight excluding hydrogens is 318 g/mol. The second kappa shape index (κ2) is 8.19. The van der Waals surface area contributed by atoms with Crippen LogP contribution in [-0.4, -0.2) is 35.6 Å². The van der Waals surface area contributed by atoms with Crippen molar-refractivity contribution in [2.24, 2.45) is 0 Å². The molecule has 1 saturated carbocycles. The average Bonchev–Trinajstić information content (AvgIpc) is 2.76. The second-order valence-electron chi connectivity index (χ2n) is 6.22. The third-order valence-corrected chi connectivity index (χ3v) is 4.23. The Morgan fingerprint density at radius 2 is 1.75 bits per heavy atom. The summed E-state index contributed by atoms with van der Waals surface area (Å²) in [6.45, 7) is -0.210. The normalized spacial score (nSPS) is 17.0. The number of halogens is 2. The number of hydrogen-bond donors (Lipinski definition) is 3. The van der Waals surface area contributed by atoms with Crippen LogP contribution in [0.25, 0.3) is 0 Å². The number of benzene rings is 1. The Balaban J connectivity index is 1.79. The number of aliphatic hydroxyl groups is 1. The van der Waals surface area contributed by atoms with E-state index in [1.165, 1.54) is 0 Å². The van der Waals surface area contributed by atoms with Crippen LogP contribution >= 0.6 is 0 Å². The zero-order chi connectivity index (χ0) is 17.6. The van der Waals surface area contributed by atoms with Crippen molar-refractivity contribution in [3.63, 3.8) is 0 Å². The van der Waals surface area contributed by atoms with Crippen molar-refractivity contribution in [1.82, 2.24) is 10.6 Å². The maximum absolute atomic E-state index is 13.5. The van der Waals surface area contributed by atoms with E-state index < -0.39 is 29.0 Å². The fraction of sp³-hybridized carbons (Fsp3) is 0.529. The van der Waals surface area contributed by atoms with E-state index in [9.17, 15) is 23.5 Å². The Bertz CT molecular complexity index is 599. The van der Waals surface area contributed by atoms with E-state index in [0.717, 1.165) is 37.8 Å². The summed E-state index contributed by atoms with van der Waals surface area (Å²) in [5.41, 5.74) is -1.23. The van der Waals surface area contributed by atoms with Crippen LogP contribution in [0.1, 0.15) is 48.9 Å². The zero-order valence-electron chi connectivity index (χ0n) is 13.4. The maximum atomic E-state index is 13.5.